The molecular formula is C20H21N3O6S. The molecule has 0 bridgehead atoms. The van der Waals surface area contributed by atoms with E-state index in [2.05, 4.69) is 16.4 Å². The Kier molecular flexibility index (Phi) is 7.49. The molecule has 10 heteroatoms. The molecule has 0 saturated heterocycles. The topological polar surface area (TPSA) is 150 Å². The van der Waals surface area contributed by atoms with E-state index in [1.807, 2.05) is 13.8 Å². The number of thiazole rings is 1. The van der Waals surface area contributed by atoms with Gasteiger partial charge in [-0.15, -0.1) is 11.3 Å². The van der Waals surface area contributed by atoms with Crippen LogP contribution in [0.15, 0.2) is 18.2 Å². The third-order valence-electron chi connectivity index (χ3n) is 3.90. The van der Waals surface area contributed by atoms with Crippen LogP contribution in [-0.2, 0) is 9.59 Å². The fourth-order valence-electron chi connectivity index (χ4n) is 2.46. The summed E-state index contributed by atoms with van der Waals surface area (Å²) in [6.45, 7) is 6.05. The van der Waals surface area contributed by atoms with Crippen LogP contribution >= 0.6 is 11.3 Å². The number of ether oxygens (including phenoxy) is 1. The standard InChI is InChI=1S/C20H21N3O6S/c1-10(2)9-29-15-5-4-12(6-13(15)8-21)19-22-11(3)17(30-19)18(26)23-14(20(27)28)7-16(24)25/h4-6,10,14H,7,9H2,1-3H3,(H,23,26)(H,24,25)(H,27,28)/t14-/m0/s1. The summed E-state index contributed by atoms with van der Waals surface area (Å²) >= 11 is 1.02. The number of nitrogens with one attached hydrogen (secondary N) is 1. The Hall–Kier alpha value is -3.45. The highest BCUT2D eigenvalue weighted by atomic mass is 32.1. The lowest BCUT2D eigenvalue weighted by Crippen LogP contribution is -2.42. The molecule has 2 aromatic rings. The third kappa shape index (κ3) is 5.78. The number of amides is 1. The summed E-state index contributed by atoms with van der Waals surface area (Å²) in [4.78, 5) is 38.9. The van der Waals surface area contributed by atoms with E-state index in [4.69, 9.17) is 14.9 Å². The summed E-state index contributed by atoms with van der Waals surface area (Å²) in [7, 11) is 0. The maximum atomic E-state index is 12.5. The minimum Gasteiger partial charge on any atom is -0.492 e. The number of nitrogens with zero attached hydrogens (tertiary/aromatic N) is 2. The average molecular weight is 431 g/mol. The van der Waals surface area contributed by atoms with Gasteiger partial charge in [-0.25, -0.2) is 9.78 Å². The lowest BCUT2D eigenvalue weighted by atomic mass is 10.1. The molecule has 1 aromatic heterocycles. The normalized spacial score (nSPS) is 11.6. The first-order valence-corrected chi connectivity index (χ1v) is 9.84. The van der Waals surface area contributed by atoms with Crippen molar-refractivity contribution in [2.24, 2.45) is 5.92 Å². The lowest BCUT2D eigenvalue weighted by molar-refractivity contribution is -0.145. The van der Waals surface area contributed by atoms with Gasteiger partial charge in [-0.3, -0.25) is 9.59 Å². The predicted molar refractivity (Wildman–Crippen MR) is 108 cm³/mol. The van der Waals surface area contributed by atoms with E-state index in [1.54, 1.807) is 25.1 Å². The van der Waals surface area contributed by atoms with Crippen molar-refractivity contribution in [3.63, 3.8) is 0 Å². The Morgan fingerprint density at radius 1 is 1.30 bits per heavy atom. The van der Waals surface area contributed by atoms with Crippen molar-refractivity contribution >= 4 is 29.2 Å². The molecule has 1 atom stereocenters. The number of rotatable bonds is 9. The van der Waals surface area contributed by atoms with E-state index in [0.717, 1.165) is 11.3 Å². The first kappa shape index (κ1) is 22.8. The van der Waals surface area contributed by atoms with Gasteiger partial charge in [0.1, 0.15) is 27.7 Å². The quantitative estimate of drug-likeness (QED) is 0.548. The first-order valence-electron chi connectivity index (χ1n) is 9.02. The van der Waals surface area contributed by atoms with Crippen LogP contribution in [0.5, 0.6) is 5.75 Å². The van der Waals surface area contributed by atoms with Crippen LogP contribution in [0.25, 0.3) is 10.6 Å². The Labute approximate surface area is 176 Å². The SMILES string of the molecule is Cc1nc(-c2ccc(OCC(C)C)c(C#N)c2)sc1C(=O)N[C@@H](CC(=O)O)C(=O)O. The lowest BCUT2D eigenvalue weighted by Gasteiger charge is -2.11. The van der Waals surface area contributed by atoms with E-state index < -0.39 is 30.3 Å². The average Bonchev–Trinajstić information content (AvgIpc) is 3.06. The highest BCUT2D eigenvalue weighted by Crippen LogP contribution is 2.31. The predicted octanol–water partition coefficient (Wildman–Crippen LogP) is 2.68. The van der Waals surface area contributed by atoms with Crippen LogP contribution in [0.2, 0.25) is 0 Å². The molecule has 1 heterocycles. The zero-order valence-corrected chi connectivity index (χ0v) is 17.4. The second kappa shape index (κ2) is 9.84. The van der Waals surface area contributed by atoms with Crippen molar-refractivity contribution in [1.29, 1.82) is 5.26 Å². The van der Waals surface area contributed by atoms with Crippen molar-refractivity contribution in [3.8, 4) is 22.4 Å². The Morgan fingerprint density at radius 3 is 2.57 bits per heavy atom. The molecule has 0 saturated carbocycles. The minimum atomic E-state index is -1.55. The van der Waals surface area contributed by atoms with Gasteiger partial charge in [0.25, 0.3) is 5.91 Å². The first-order chi connectivity index (χ1) is 14.1. The molecule has 0 spiro atoms. The van der Waals surface area contributed by atoms with E-state index in [1.165, 1.54) is 0 Å². The molecular weight excluding hydrogens is 410 g/mol. The van der Waals surface area contributed by atoms with Gasteiger partial charge in [0, 0.05) is 5.56 Å². The summed E-state index contributed by atoms with van der Waals surface area (Å²) in [5, 5.41) is 30.0. The maximum absolute atomic E-state index is 12.5. The van der Waals surface area contributed by atoms with Crippen LogP contribution in [0.4, 0.5) is 0 Å². The summed E-state index contributed by atoms with van der Waals surface area (Å²) < 4.78 is 5.64. The fraction of sp³-hybridized carbons (Fsp3) is 0.350. The van der Waals surface area contributed by atoms with Crippen LogP contribution in [0.1, 0.15) is 41.2 Å². The third-order valence-corrected chi connectivity index (χ3v) is 5.11. The molecule has 0 unspecified atom stereocenters. The van der Waals surface area contributed by atoms with Crippen LogP contribution < -0.4 is 10.1 Å². The molecule has 30 heavy (non-hydrogen) atoms. The van der Waals surface area contributed by atoms with Crippen molar-refractivity contribution < 1.29 is 29.3 Å². The highest BCUT2D eigenvalue weighted by molar-refractivity contribution is 7.17. The van der Waals surface area contributed by atoms with E-state index >= 15 is 0 Å². The zero-order valence-electron chi connectivity index (χ0n) is 16.6. The molecule has 0 aliphatic carbocycles. The second-order valence-corrected chi connectivity index (χ2v) is 7.92. The largest absolute Gasteiger partial charge is 0.492 e. The van der Waals surface area contributed by atoms with Gasteiger partial charge in [-0.05, 0) is 31.0 Å². The Morgan fingerprint density at radius 2 is 2.00 bits per heavy atom. The number of aliphatic carboxylic acids is 2. The van der Waals surface area contributed by atoms with Crippen LogP contribution in [0, 0.1) is 24.2 Å². The van der Waals surface area contributed by atoms with E-state index in [0.29, 0.717) is 40.1 Å². The van der Waals surface area contributed by atoms with Crippen molar-refractivity contribution in [3.05, 3.63) is 34.3 Å². The zero-order chi connectivity index (χ0) is 22.4. The van der Waals surface area contributed by atoms with Crippen molar-refractivity contribution in [1.82, 2.24) is 10.3 Å². The van der Waals surface area contributed by atoms with Gasteiger partial charge in [0.2, 0.25) is 0 Å². The van der Waals surface area contributed by atoms with Gasteiger partial charge in [-0.1, -0.05) is 13.8 Å². The Bertz CT molecular complexity index is 1010. The number of aromatic nitrogens is 1. The summed E-state index contributed by atoms with van der Waals surface area (Å²) in [6.07, 6.45) is -0.741. The van der Waals surface area contributed by atoms with Gasteiger partial charge in [-0.2, -0.15) is 5.26 Å². The fourth-order valence-corrected chi connectivity index (χ4v) is 3.43. The number of benzene rings is 1. The van der Waals surface area contributed by atoms with Crippen molar-refractivity contribution in [2.45, 2.75) is 33.2 Å². The summed E-state index contributed by atoms with van der Waals surface area (Å²) in [5.41, 5.74) is 1.31. The number of aryl methyl sites for hydroxylation is 1. The highest BCUT2D eigenvalue weighted by Gasteiger charge is 2.26. The van der Waals surface area contributed by atoms with Gasteiger partial charge in [0.05, 0.1) is 24.3 Å². The minimum absolute atomic E-state index is 0.167. The second-order valence-electron chi connectivity index (χ2n) is 6.92. The number of carboxylic acids is 2. The number of hydrogen-bond donors (Lipinski definition) is 3. The van der Waals surface area contributed by atoms with Crippen LogP contribution in [0.3, 0.4) is 0 Å². The Balaban J connectivity index is 2.27. The number of hydrogen-bond acceptors (Lipinski definition) is 7. The van der Waals surface area contributed by atoms with E-state index in [-0.39, 0.29) is 4.88 Å². The molecule has 2 rings (SSSR count). The molecule has 0 radical (unpaired) electrons. The van der Waals surface area contributed by atoms with Gasteiger partial charge in [0.15, 0.2) is 0 Å². The molecule has 0 fully saturated rings. The summed E-state index contributed by atoms with van der Waals surface area (Å²) in [6, 6.07) is 5.53. The van der Waals surface area contributed by atoms with E-state index in [9.17, 15) is 19.6 Å². The smallest absolute Gasteiger partial charge is 0.326 e. The van der Waals surface area contributed by atoms with Gasteiger partial charge < -0.3 is 20.3 Å². The van der Waals surface area contributed by atoms with Gasteiger partial charge >= 0.3 is 11.9 Å². The number of carbonyl (C=O) groups excluding carboxylic acids is 1. The maximum Gasteiger partial charge on any atom is 0.326 e. The molecule has 158 valence electrons. The monoisotopic (exact) mass is 431 g/mol. The van der Waals surface area contributed by atoms with Crippen molar-refractivity contribution in [2.75, 3.05) is 6.61 Å². The number of carboxylic acid groups (broad SMARTS) is 2. The molecule has 9 nitrogen and oxygen atoms in total. The number of carbonyl (C=O) groups is 3. The number of nitriles is 1. The molecule has 1 aromatic carbocycles. The molecule has 0 aliphatic rings. The molecule has 0 aliphatic heterocycles. The molecule has 1 amide bonds. The summed E-state index contributed by atoms with van der Waals surface area (Å²) in [5.74, 6) is -2.74. The molecule has 3 N–H and O–H groups in total. The van der Waals surface area contributed by atoms with Crippen LogP contribution in [-0.4, -0.2) is 45.7 Å².